The number of methoxy groups -OCH3 is 1. The Balaban J connectivity index is 1.41. The van der Waals surface area contributed by atoms with Gasteiger partial charge in [-0.25, -0.2) is 4.98 Å². The Bertz CT molecular complexity index is 1090. The average Bonchev–Trinajstić information content (AvgIpc) is 3.28. The Morgan fingerprint density at radius 2 is 1.90 bits per heavy atom. The average molecular weight is 419 g/mol. The highest BCUT2D eigenvalue weighted by atomic mass is 16.5. The molecule has 2 unspecified atom stereocenters. The summed E-state index contributed by atoms with van der Waals surface area (Å²) in [6, 6.07) is 9.94. The maximum Gasteiger partial charge on any atom is 0.256 e. The van der Waals surface area contributed by atoms with E-state index >= 15 is 0 Å². The maximum absolute atomic E-state index is 13.6. The van der Waals surface area contributed by atoms with E-state index in [4.69, 9.17) is 9.72 Å². The summed E-state index contributed by atoms with van der Waals surface area (Å²) >= 11 is 0. The molecule has 0 spiro atoms. The molecule has 2 fully saturated rings. The highest BCUT2D eigenvalue weighted by molar-refractivity contribution is 5.98. The van der Waals surface area contributed by atoms with Gasteiger partial charge in [-0.15, -0.1) is 0 Å². The van der Waals surface area contributed by atoms with E-state index in [1.807, 2.05) is 24.0 Å². The molecule has 2 aliphatic heterocycles. The van der Waals surface area contributed by atoms with Crippen LogP contribution in [-0.2, 0) is 0 Å². The van der Waals surface area contributed by atoms with Crippen molar-refractivity contribution in [2.24, 2.45) is 5.92 Å². The van der Waals surface area contributed by atoms with Crippen LogP contribution < -0.4 is 9.64 Å². The first-order valence-corrected chi connectivity index (χ1v) is 10.6. The van der Waals surface area contributed by atoms with Crippen LogP contribution in [0.15, 0.2) is 42.7 Å². The quantitative estimate of drug-likeness (QED) is 0.648. The minimum Gasteiger partial charge on any atom is -0.497 e. The number of amides is 1. The molecule has 2 saturated heterocycles. The molecule has 5 rings (SSSR count). The topological polar surface area (TPSA) is 76.4 Å². The normalized spacial score (nSPS) is 20.2. The Morgan fingerprint density at radius 1 is 1.10 bits per heavy atom. The van der Waals surface area contributed by atoms with Gasteiger partial charge in [0.1, 0.15) is 11.6 Å². The van der Waals surface area contributed by atoms with E-state index in [9.17, 15) is 4.79 Å². The molecule has 0 radical (unpaired) electrons. The van der Waals surface area contributed by atoms with Gasteiger partial charge >= 0.3 is 0 Å². The molecule has 0 aliphatic carbocycles. The fourth-order valence-electron chi connectivity index (χ4n) is 4.71. The molecule has 2 aliphatic rings. The minimum absolute atomic E-state index is 0.0233. The first-order valence-electron chi connectivity index (χ1n) is 10.6. The Kier molecular flexibility index (Phi) is 4.84. The van der Waals surface area contributed by atoms with Crippen molar-refractivity contribution in [3.05, 3.63) is 59.5 Å². The standard InChI is InChI=1S/C23H26N6O2/c1-15-10-16(2)26-22(11-15)28-13-17-6-9-27(14-21(17)28)23(30)19-12-18(31-3)4-5-20(19)29-24-7-8-25-29/h4-5,7-8,10-12,17,21H,6,9,13-14H2,1-3H3. The van der Waals surface area contributed by atoms with Crippen molar-refractivity contribution < 1.29 is 9.53 Å². The predicted molar refractivity (Wildman–Crippen MR) is 117 cm³/mol. The molecular weight excluding hydrogens is 392 g/mol. The smallest absolute Gasteiger partial charge is 0.256 e. The lowest BCUT2D eigenvalue weighted by Crippen LogP contribution is -2.65. The first kappa shape index (κ1) is 19.5. The number of piperidine rings is 1. The van der Waals surface area contributed by atoms with Gasteiger partial charge in [-0.1, -0.05) is 0 Å². The fourth-order valence-corrected chi connectivity index (χ4v) is 4.71. The van der Waals surface area contributed by atoms with Crippen LogP contribution in [0.3, 0.4) is 0 Å². The van der Waals surface area contributed by atoms with Gasteiger partial charge in [-0.3, -0.25) is 4.79 Å². The van der Waals surface area contributed by atoms with Crippen LogP contribution in [0, 0.1) is 19.8 Å². The number of anilines is 1. The predicted octanol–water partition coefficient (Wildman–Crippen LogP) is 2.64. The van der Waals surface area contributed by atoms with E-state index in [-0.39, 0.29) is 5.91 Å². The van der Waals surface area contributed by atoms with Gasteiger partial charge < -0.3 is 14.5 Å². The number of fused-ring (bicyclic) bond motifs is 1. The van der Waals surface area contributed by atoms with Crippen LogP contribution in [0.1, 0.15) is 28.0 Å². The van der Waals surface area contributed by atoms with Crippen LogP contribution >= 0.6 is 0 Å². The molecule has 2 aromatic heterocycles. The molecule has 8 nitrogen and oxygen atoms in total. The third kappa shape index (κ3) is 3.52. The van der Waals surface area contributed by atoms with Crippen LogP contribution in [0.2, 0.25) is 0 Å². The van der Waals surface area contributed by atoms with E-state index in [0.29, 0.717) is 35.5 Å². The van der Waals surface area contributed by atoms with Gasteiger partial charge in [-0.2, -0.15) is 15.0 Å². The van der Waals surface area contributed by atoms with Crippen molar-refractivity contribution in [3.8, 4) is 11.4 Å². The second-order valence-electron chi connectivity index (χ2n) is 8.37. The summed E-state index contributed by atoms with van der Waals surface area (Å²) in [4.78, 5) is 24.1. The number of aryl methyl sites for hydroxylation is 2. The highest BCUT2D eigenvalue weighted by Gasteiger charge is 2.44. The number of rotatable bonds is 4. The number of likely N-dealkylation sites (tertiary alicyclic amines) is 1. The summed E-state index contributed by atoms with van der Waals surface area (Å²) in [7, 11) is 1.60. The number of carbonyl (C=O) groups is 1. The van der Waals surface area contributed by atoms with Gasteiger partial charge in [0.15, 0.2) is 0 Å². The molecule has 1 aromatic carbocycles. The highest BCUT2D eigenvalue weighted by Crippen LogP contribution is 2.37. The van der Waals surface area contributed by atoms with Crippen molar-refractivity contribution in [1.82, 2.24) is 24.9 Å². The molecule has 160 valence electrons. The first-order chi connectivity index (χ1) is 15.0. The largest absolute Gasteiger partial charge is 0.497 e. The molecular formula is C23H26N6O2. The molecule has 3 aromatic rings. The summed E-state index contributed by atoms with van der Waals surface area (Å²) in [6.07, 6.45) is 4.21. The number of ether oxygens (including phenoxy) is 1. The molecule has 4 heterocycles. The Hall–Kier alpha value is -3.42. The molecule has 0 saturated carbocycles. The molecule has 0 N–H and O–H groups in total. The molecule has 0 bridgehead atoms. The van der Waals surface area contributed by atoms with E-state index in [2.05, 4.69) is 34.2 Å². The third-order valence-corrected chi connectivity index (χ3v) is 6.29. The second kappa shape index (κ2) is 7.68. The van der Waals surface area contributed by atoms with Gasteiger partial charge in [0.2, 0.25) is 0 Å². The molecule has 1 amide bonds. The van der Waals surface area contributed by atoms with Crippen molar-refractivity contribution in [3.63, 3.8) is 0 Å². The number of aromatic nitrogens is 4. The fraction of sp³-hybridized carbons (Fsp3) is 0.391. The number of benzene rings is 1. The number of pyridine rings is 1. The van der Waals surface area contributed by atoms with E-state index in [1.54, 1.807) is 25.6 Å². The van der Waals surface area contributed by atoms with E-state index in [1.165, 1.54) is 10.4 Å². The zero-order chi connectivity index (χ0) is 21.5. The van der Waals surface area contributed by atoms with Gasteiger partial charge in [-0.05, 0) is 56.2 Å². The lowest BCUT2D eigenvalue weighted by Gasteiger charge is -2.54. The summed E-state index contributed by atoms with van der Waals surface area (Å²) in [6.45, 7) is 6.56. The lowest BCUT2D eigenvalue weighted by molar-refractivity contribution is 0.0590. The SMILES string of the molecule is COc1ccc(-n2nccn2)c(C(=O)N2CCC3CN(c4cc(C)cc(C)n4)C3C2)c1. The van der Waals surface area contributed by atoms with Crippen molar-refractivity contribution in [1.29, 1.82) is 0 Å². The number of hydrogen-bond acceptors (Lipinski definition) is 6. The summed E-state index contributed by atoms with van der Waals surface area (Å²) in [5, 5.41) is 8.43. The monoisotopic (exact) mass is 418 g/mol. The van der Waals surface area contributed by atoms with E-state index in [0.717, 1.165) is 31.0 Å². The van der Waals surface area contributed by atoms with Crippen LogP contribution in [0.25, 0.3) is 5.69 Å². The number of hydrogen-bond donors (Lipinski definition) is 0. The molecule has 2 atom stereocenters. The summed E-state index contributed by atoms with van der Waals surface area (Å²) in [5.41, 5.74) is 3.43. The molecule has 31 heavy (non-hydrogen) atoms. The van der Waals surface area contributed by atoms with Crippen LogP contribution in [0.4, 0.5) is 5.82 Å². The maximum atomic E-state index is 13.6. The summed E-state index contributed by atoms with van der Waals surface area (Å²) in [5.74, 6) is 2.23. The van der Waals surface area contributed by atoms with Crippen LogP contribution in [0.5, 0.6) is 5.75 Å². The van der Waals surface area contributed by atoms with Gasteiger partial charge in [0.05, 0.1) is 36.8 Å². The minimum atomic E-state index is -0.0233. The molecule has 8 heteroatoms. The van der Waals surface area contributed by atoms with Crippen LogP contribution in [-0.4, -0.2) is 63.6 Å². The number of nitrogens with zero attached hydrogens (tertiary/aromatic N) is 6. The van der Waals surface area contributed by atoms with Crippen molar-refractivity contribution in [2.45, 2.75) is 26.3 Å². The van der Waals surface area contributed by atoms with E-state index < -0.39 is 0 Å². The number of carbonyl (C=O) groups excluding carboxylic acids is 1. The van der Waals surface area contributed by atoms with Crippen molar-refractivity contribution >= 4 is 11.7 Å². The zero-order valence-electron chi connectivity index (χ0n) is 18.0. The second-order valence-corrected chi connectivity index (χ2v) is 8.37. The lowest BCUT2D eigenvalue weighted by atomic mass is 9.82. The van der Waals surface area contributed by atoms with Gasteiger partial charge in [0.25, 0.3) is 5.91 Å². The third-order valence-electron chi connectivity index (χ3n) is 6.29. The Labute approximate surface area is 181 Å². The Morgan fingerprint density at radius 3 is 2.65 bits per heavy atom. The zero-order valence-corrected chi connectivity index (χ0v) is 18.0. The van der Waals surface area contributed by atoms with Gasteiger partial charge in [0, 0.05) is 31.2 Å². The summed E-state index contributed by atoms with van der Waals surface area (Å²) < 4.78 is 5.37. The van der Waals surface area contributed by atoms with Crippen molar-refractivity contribution in [2.75, 3.05) is 31.6 Å².